The molecule has 37 heavy (non-hydrogen) atoms. The molecule has 10 heteroatoms. The number of alkyl halides is 3. The van der Waals surface area contributed by atoms with Crippen LogP contribution in [0.1, 0.15) is 25.1 Å². The predicted octanol–water partition coefficient (Wildman–Crippen LogP) is 5.13. The van der Waals surface area contributed by atoms with Crippen molar-refractivity contribution in [2.24, 2.45) is 11.8 Å². The van der Waals surface area contributed by atoms with E-state index in [2.05, 4.69) is 19.9 Å². The first-order chi connectivity index (χ1) is 17.7. The maximum Gasteiger partial charge on any atom is 0.405 e. The van der Waals surface area contributed by atoms with Crippen LogP contribution in [0.15, 0.2) is 61.3 Å². The first-order valence-corrected chi connectivity index (χ1v) is 12.0. The largest absolute Gasteiger partial charge is 0.492 e. The highest BCUT2D eigenvalue weighted by Gasteiger charge is 2.30. The van der Waals surface area contributed by atoms with Crippen LogP contribution >= 0.6 is 0 Å². The zero-order valence-electron chi connectivity index (χ0n) is 20.5. The zero-order chi connectivity index (χ0) is 26.4. The highest BCUT2D eigenvalue weighted by molar-refractivity contribution is 5.94. The highest BCUT2D eigenvalue weighted by atomic mass is 19.4. The summed E-state index contributed by atoms with van der Waals surface area (Å²) < 4.78 is 43.6. The van der Waals surface area contributed by atoms with Gasteiger partial charge >= 0.3 is 6.18 Å². The van der Waals surface area contributed by atoms with Crippen molar-refractivity contribution in [1.82, 2.24) is 25.3 Å². The molecule has 0 radical (unpaired) electrons. The summed E-state index contributed by atoms with van der Waals surface area (Å²) in [5.41, 5.74) is 4.03. The summed E-state index contributed by atoms with van der Waals surface area (Å²) in [6.07, 6.45) is 5.04. The number of fused-ring (bicyclic) bond motifs is 1. The van der Waals surface area contributed by atoms with E-state index in [1.54, 1.807) is 24.8 Å². The molecule has 1 amide bonds. The van der Waals surface area contributed by atoms with Crippen LogP contribution < -0.4 is 10.1 Å². The van der Waals surface area contributed by atoms with Crippen molar-refractivity contribution in [1.29, 1.82) is 0 Å². The second kappa shape index (κ2) is 11.4. The zero-order valence-corrected chi connectivity index (χ0v) is 20.5. The number of hydrogen-bond acceptors (Lipinski definition) is 5. The number of aromatic nitrogens is 4. The van der Waals surface area contributed by atoms with Crippen LogP contribution in [0.4, 0.5) is 13.2 Å². The molecule has 194 valence electrons. The molecule has 7 nitrogen and oxygen atoms in total. The van der Waals surface area contributed by atoms with Crippen molar-refractivity contribution in [2.75, 3.05) is 13.2 Å². The van der Waals surface area contributed by atoms with Gasteiger partial charge in [-0.3, -0.25) is 14.8 Å². The van der Waals surface area contributed by atoms with Gasteiger partial charge in [0.15, 0.2) is 0 Å². The fourth-order valence-corrected chi connectivity index (χ4v) is 4.07. The fourth-order valence-electron chi connectivity index (χ4n) is 4.07. The van der Waals surface area contributed by atoms with Crippen LogP contribution in [0.3, 0.4) is 0 Å². The number of rotatable bonds is 10. The van der Waals surface area contributed by atoms with Gasteiger partial charge in [0.2, 0.25) is 5.91 Å². The lowest BCUT2D eigenvalue weighted by atomic mass is 9.88. The van der Waals surface area contributed by atoms with Crippen molar-refractivity contribution in [3.05, 3.63) is 72.6 Å². The van der Waals surface area contributed by atoms with Crippen LogP contribution in [0.5, 0.6) is 5.75 Å². The average molecular weight is 512 g/mol. The van der Waals surface area contributed by atoms with Gasteiger partial charge in [0, 0.05) is 59.3 Å². The van der Waals surface area contributed by atoms with E-state index in [0.29, 0.717) is 24.4 Å². The lowest BCUT2D eigenvalue weighted by molar-refractivity contribution is -0.141. The van der Waals surface area contributed by atoms with Gasteiger partial charge in [-0.2, -0.15) is 13.2 Å². The maximum atomic E-state index is 12.6. The van der Waals surface area contributed by atoms with Crippen LogP contribution in [0.25, 0.3) is 22.2 Å². The molecule has 4 heterocycles. The molecule has 0 bridgehead atoms. The molecule has 0 aliphatic carbocycles. The molecular weight excluding hydrogens is 483 g/mol. The summed E-state index contributed by atoms with van der Waals surface area (Å²) in [5.74, 6) is -0.778. The SMILES string of the molecule is CC(C)C(Cc1cncc(-c2c[nH]c3ncc(OCCc4ccccn4)cc23)c1)C(=O)NCC(F)(F)F. The minimum Gasteiger partial charge on any atom is -0.492 e. The Hall–Kier alpha value is -3.95. The Bertz CT molecular complexity index is 1340. The molecule has 0 aliphatic rings. The average Bonchev–Trinajstić information content (AvgIpc) is 3.29. The molecule has 4 aromatic heterocycles. The number of aromatic amines is 1. The van der Waals surface area contributed by atoms with E-state index in [1.807, 2.05) is 55.7 Å². The van der Waals surface area contributed by atoms with Gasteiger partial charge in [-0.25, -0.2) is 4.98 Å². The first kappa shape index (κ1) is 26.1. The van der Waals surface area contributed by atoms with Gasteiger partial charge in [-0.05, 0) is 42.2 Å². The standard InChI is InChI=1S/C27H28F3N5O2/c1-17(2)22(26(36)35-16-27(28,29)30)10-18-9-19(13-31-12-18)24-15-34-25-23(24)11-21(14-33-25)37-8-6-20-5-3-4-7-32-20/h3-5,7,9,11-15,17,22H,6,8,10,16H2,1-2H3,(H,33,34)(H,35,36). The summed E-state index contributed by atoms with van der Waals surface area (Å²) in [6.45, 7) is 2.74. The Kier molecular flexibility index (Phi) is 8.05. The van der Waals surface area contributed by atoms with E-state index < -0.39 is 24.5 Å². The number of pyridine rings is 3. The Balaban J connectivity index is 1.49. The third-order valence-electron chi connectivity index (χ3n) is 6.03. The van der Waals surface area contributed by atoms with Gasteiger partial charge in [-0.15, -0.1) is 0 Å². The highest BCUT2D eigenvalue weighted by Crippen LogP contribution is 2.31. The van der Waals surface area contributed by atoms with Crippen LogP contribution in [-0.2, 0) is 17.6 Å². The van der Waals surface area contributed by atoms with Crippen LogP contribution in [-0.4, -0.2) is 45.2 Å². The summed E-state index contributed by atoms with van der Waals surface area (Å²) in [7, 11) is 0. The third-order valence-corrected chi connectivity index (χ3v) is 6.03. The number of ether oxygens (including phenoxy) is 1. The first-order valence-electron chi connectivity index (χ1n) is 12.0. The molecule has 0 aromatic carbocycles. The molecule has 0 spiro atoms. The predicted molar refractivity (Wildman–Crippen MR) is 134 cm³/mol. The van der Waals surface area contributed by atoms with E-state index in [1.165, 1.54) is 0 Å². The van der Waals surface area contributed by atoms with E-state index in [4.69, 9.17) is 4.74 Å². The molecule has 4 aromatic rings. The molecule has 0 saturated carbocycles. The van der Waals surface area contributed by atoms with Crippen molar-refractivity contribution < 1.29 is 22.7 Å². The topological polar surface area (TPSA) is 92.8 Å². The van der Waals surface area contributed by atoms with Crippen molar-refractivity contribution in [2.45, 2.75) is 32.9 Å². The molecule has 0 fully saturated rings. The normalized spacial score (nSPS) is 12.6. The van der Waals surface area contributed by atoms with Gasteiger partial charge in [0.25, 0.3) is 0 Å². The molecule has 0 saturated heterocycles. The van der Waals surface area contributed by atoms with Gasteiger partial charge in [-0.1, -0.05) is 19.9 Å². The Labute approximate surface area is 212 Å². The number of nitrogens with one attached hydrogen (secondary N) is 2. The van der Waals surface area contributed by atoms with E-state index in [-0.39, 0.29) is 12.3 Å². The second-order valence-electron chi connectivity index (χ2n) is 9.16. The fraction of sp³-hybridized carbons (Fsp3) is 0.333. The lowest BCUT2D eigenvalue weighted by Crippen LogP contribution is -2.40. The van der Waals surface area contributed by atoms with Crippen molar-refractivity contribution >= 4 is 16.9 Å². The summed E-state index contributed by atoms with van der Waals surface area (Å²) in [6, 6.07) is 9.55. The van der Waals surface area contributed by atoms with Crippen molar-refractivity contribution in [3.8, 4) is 16.9 Å². The van der Waals surface area contributed by atoms with Gasteiger partial charge in [0.05, 0.1) is 12.8 Å². The molecule has 1 atom stereocenters. The number of halogens is 3. The molecular formula is C27H28F3N5O2. The number of carbonyl (C=O) groups excluding carboxylic acids is 1. The summed E-state index contributed by atoms with van der Waals surface area (Å²) in [5, 5.41) is 2.85. The maximum absolute atomic E-state index is 12.6. The van der Waals surface area contributed by atoms with Crippen LogP contribution in [0, 0.1) is 11.8 Å². The van der Waals surface area contributed by atoms with Gasteiger partial charge < -0.3 is 15.0 Å². The number of nitrogens with zero attached hydrogens (tertiary/aromatic N) is 3. The molecule has 0 aliphatic heterocycles. The smallest absolute Gasteiger partial charge is 0.405 e. The van der Waals surface area contributed by atoms with E-state index in [0.717, 1.165) is 27.8 Å². The van der Waals surface area contributed by atoms with Crippen LogP contribution in [0.2, 0.25) is 0 Å². The van der Waals surface area contributed by atoms with Crippen molar-refractivity contribution in [3.63, 3.8) is 0 Å². The number of hydrogen-bond donors (Lipinski definition) is 2. The van der Waals surface area contributed by atoms with E-state index in [9.17, 15) is 18.0 Å². The summed E-state index contributed by atoms with van der Waals surface area (Å²) in [4.78, 5) is 28.7. The molecule has 2 N–H and O–H groups in total. The number of amides is 1. The van der Waals surface area contributed by atoms with Gasteiger partial charge in [0.1, 0.15) is 17.9 Å². The summed E-state index contributed by atoms with van der Waals surface area (Å²) >= 11 is 0. The molecule has 1 unspecified atom stereocenters. The minimum absolute atomic E-state index is 0.153. The minimum atomic E-state index is -4.46. The monoisotopic (exact) mass is 511 g/mol. The Morgan fingerprint density at radius 3 is 2.70 bits per heavy atom. The lowest BCUT2D eigenvalue weighted by Gasteiger charge is -2.21. The second-order valence-corrected chi connectivity index (χ2v) is 9.16. The molecule has 4 rings (SSSR count). The number of H-pyrrole nitrogens is 1. The third kappa shape index (κ3) is 7.05. The van der Waals surface area contributed by atoms with E-state index >= 15 is 0 Å². The quantitative estimate of drug-likeness (QED) is 0.308. The number of carbonyl (C=O) groups is 1. The Morgan fingerprint density at radius 2 is 1.97 bits per heavy atom. The Morgan fingerprint density at radius 1 is 1.14 bits per heavy atom.